The summed E-state index contributed by atoms with van der Waals surface area (Å²) < 4.78 is 61.9. The van der Waals surface area contributed by atoms with Crippen LogP contribution in [0.5, 0.6) is 0 Å². The van der Waals surface area contributed by atoms with Crippen LogP contribution in [0.3, 0.4) is 0 Å². The van der Waals surface area contributed by atoms with E-state index in [1.54, 1.807) is 0 Å². The lowest BCUT2D eigenvalue weighted by atomic mass is 9.66. The maximum Gasteiger partial charge on any atom is 0.501 e. The normalized spacial score (nSPS) is 17.2. The molecular weight excluding hydrogens is 588 g/mol. The molecule has 5 aromatic rings. The Morgan fingerprint density at radius 2 is 1.02 bits per heavy atom. The maximum absolute atomic E-state index is 16.7. The Kier molecular flexibility index (Phi) is 7.98. The van der Waals surface area contributed by atoms with E-state index in [4.69, 9.17) is 9.31 Å². The lowest BCUT2D eigenvalue weighted by molar-refractivity contribution is 0.00370. The Labute approximate surface area is 265 Å². The van der Waals surface area contributed by atoms with Crippen molar-refractivity contribution in [1.29, 1.82) is 0 Å². The average Bonchev–Trinajstić information content (AvgIpc) is 3.47. The van der Waals surface area contributed by atoms with Crippen LogP contribution in [-0.4, -0.2) is 44.1 Å². The summed E-state index contributed by atoms with van der Waals surface area (Å²) >= 11 is 0. The number of amides is 1. The summed E-state index contributed by atoms with van der Waals surface area (Å²) in [5.74, 6) is -4.71. The predicted octanol–water partition coefficient (Wildman–Crippen LogP) is 5.78. The zero-order valence-electron chi connectivity index (χ0n) is 24.8. The molecule has 2 saturated heterocycles. The molecule has 2 aliphatic rings. The van der Waals surface area contributed by atoms with Crippen molar-refractivity contribution < 1.29 is 27.3 Å². The molecule has 0 atom stereocenters. The summed E-state index contributed by atoms with van der Waals surface area (Å²) in [5, 5.41) is 3.11. The van der Waals surface area contributed by atoms with Gasteiger partial charge < -0.3 is 19.5 Å². The van der Waals surface area contributed by atoms with Crippen LogP contribution >= 0.6 is 0 Å². The van der Waals surface area contributed by atoms with Gasteiger partial charge in [0.1, 0.15) is 34.2 Å². The second-order valence-corrected chi connectivity index (χ2v) is 11.4. The Morgan fingerprint density at radius 3 is 1.41 bits per heavy atom. The van der Waals surface area contributed by atoms with E-state index in [0.29, 0.717) is 41.4 Å². The number of nitrogens with zero attached hydrogens (tertiary/aromatic N) is 1. The van der Waals surface area contributed by atoms with Crippen LogP contribution in [0.25, 0.3) is 0 Å². The first kappa shape index (κ1) is 30.0. The number of carbonyl (C=O) groups excluding carboxylic acids is 1. The third kappa shape index (κ3) is 4.74. The van der Waals surface area contributed by atoms with Crippen molar-refractivity contribution in [3.8, 4) is 0 Å². The van der Waals surface area contributed by atoms with Gasteiger partial charge >= 0.3 is 7.12 Å². The number of carbonyl (C=O) groups is 1. The predicted molar refractivity (Wildman–Crippen MR) is 170 cm³/mol. The van der Waals surface area contributed by atoms with Gasteiger partial charge in [-0.2, -0.15) is 0 Å². The van der Waals surface area contributed by atoms with Gasteiger partial charge in [0, 0.05) is 32.2 Å². The number of nitrogens with one attached hydrogen (secondary N) is 1. The third-order valence-corrected chi connectivity index (χ3v) is 8.84. The van der Waals surface area contributed by atoms with Crippen LogP contribution in [0.15, 0.2) is 127 Å². The molecule has 0 bridgehead atoms. The summed E-state index contributed by atoms with van der Waals surface area (Å²) in [6.45, 7) is 1.48. The van der Waals surface area contributed by atoms with Gasteiger partial charge in [0.05, 0.1) is 5.46 Å². The second kappa shape index (κ2) is 12.2. The van der Waals surface area contributed by atoms with Crippen LogP contribution < -0.4 is 10.8 Å². The molecule has 0 saturated carbocycles. The van der Waals surface area contributed by atoms with Crippen molar-refractivity contribution in [3.05, 3.63) is 173 Å². The van der Waals surface area contributed by atoms with Gasteiger partial charge in [-0.15, -0.1) is 0 Å². The molecule has 5 nitrogen and oxygen atoms in total. The zero-order valence-corrected chi connectivity index (χ0v) is 24.8. The fraction of sp³-hybridized carbons (Fsp3) is 0.162. The quantitative estimate of drug-likeness (QED) is 0.246. The van der Waals surface area contributed by atoms with E-state index in [0.717, 1.165) is 0 Å². The molecule has 46 heavy (non-hydrogen) atoms. The number of hydrogen-bond acceptors (Lipinski definition) is 4. The van der Waals surface area contributed by atoms with E-state index in [2.05, 4.69) is 5.32 Å². The monoisotopic (exact) mass is 618 g/mol. The SMILES string of the molecule is O=C(c1c(F)cc(F)c(B2OC(c3ccccc3)(c3ccccc3)C(c3ccccc3)(c3ccccc3)O2)c1F)N1CCNCC1. The smallest absolute Gasteiger partial charge is 0.390 e. The molecule has 0 aliphatic carbocycles. The van der Waals surface area contributed by atoms with Gasteiger partial charge in [0.25, 0.3) is 5.91 Å². The van der Waals surface area contributed by atoms with Crippen molar-refractivity contribution in [2.24, 2.45) is 0 Å². The van der Waals surface area contributed by atoms with Gasteiger partial charge in [-0.05, 0) is 22.3 Å². The first-order chi connectivity index (χ1) is 22.5. The second-order valence-electron chi connectivity index (χ2n) is 11.4. The van der Waals surface area contributed by atoms with Crippen LogP contribution in [0.1, 0.15) is 32.6 Å². The first-order valence-electron chi connectivity index (χ1n) is 15.2. The molecule has 2 heterocycles. The minimum absolute atomic E-state index is 0.261. The molecule has 2 fully saturated rings. The Balaban J connectivity index is 1.52. The van der Waals surface area contributed by atoms with Gasteiger partial charge in [0.15, 0.2) is 0 Å². The number of benzene rings is 5. The topological polar surface area (TPSA) is 50.8 Å². The Morgan fingerprint density at radius 1 is 0.630 bits per heavy atom. The highest BCUT2D eigenvalue weighted by atomic mass is 19.1. The van der Waals surface area contributed by atoms with E-state index in [-0.39, 0.29) is 13.1 Å². The average molecular weight is 618 g/mol. The van der Waals surface area contributed by atoms with E-state index in [9.17, 15) is 4.79 Å². The van der Waals surface area contributed by atoms with Gasteiger partial charge in [0.2, 0.25) is 0 Å². The minimum atomic E-state index is -1.70. The van der Waals surface area contributed by atoms with Gasteiger partial charge in [-0.3, -0.25) is 4.79 Å². The van der Waals surface area contributed by atoms with Crippen molar-refractivity contribution in [1.82, 2.24) is 10.2 Å². The molecular formula is C37H30BF3N2O3. The lowest BCUT2D eigenvalue weighted by Crippen LogP contribution is -2.48. The standard InChI is InChI=1S/C37H30BF3N2O3/c39-30-25-31(40)33(34(41)32(30)35(44)43-23-21-42-22-24-43)38-45-36(26-13-5-1-6-14-26,27-15-7-2-8-16-27)37(46-38,28-17-9-3-10-18-28)29-19-11-4-12-20-29/h1-20,25,42H,21-24H2. The number of rotatable bonds is 6. The van der Waals surface area contributed by atoms with E-state index in [1.807, 2.05) is 121 Å². The van der Waals surface area contributed by atoms with Crippen LogP contribution in [0, 0.1) is 17.5 Å². The van der Waals surface area contributed by atoms with Crippen molar-refractivity contribution in [2.75, 3.05) is 26.2 Å². The number of piperazine rings is 1. The lowest BCUT2D eigenvalue weighted by Gasteiger charge is -2.46. The van der Waals surface area contributed by atoms with Gasteiger partial charge in [-0.25, -0.2) is 13.2 Å². The maximum atomic E-state index is 16.7. The Bertz CT molecular complexity index is 1670. The highest BCUT2D eigenvalue weighted by Crippen LogP contribution is 2.58. The molecule has 2 aliphatic heterocycles. The number of halogens is 3. The van der Waals surface area contributed by atoms with Crippen LogP contribution in [0.2, 0.25) is 0 Å². The molecule has 0 unspecified atom stereocenters. The molecule has 1 amide bonds. The van der Waals surface area contributed by atoms with E-state index < -0.39 is 52.7 Å². The van der Waals surface area contributed by atoms with E-state index >= 15 is 13.2 Å². The van der Waals surface area contributed by atoms with Crippen molar-refractivity contribution in [2.45, 2.75) is 11.2 Å². The van der Waals surface area contributed by atoms with Crippen LogP contribution in [0.4, 0.5) is 13.2 Å². The van der Waals surface area contributed by atoms with Crippen LogP contribution in [-0.2, 0) is 20.5 Å². The molecule has 230 valence electrons. The van der Waals surface area contributed by atoms with Crippen molar-refractivity contribution >= 4 is 18.5 Å². The summed E-state index contributed by atoms with van der Waals surface area (Å²) in [5.41, 5.74) is -1.89. The fourth-order valence-electron chi connectivity index (χ4n) is 6.78. The molecule has 7 rings (SSSR count). The third-order valence-electron chi connectivity index (χ3n) is 8.84. The Hall–Kier alpha value is -4.70. The fourth-order valence-corrected chi connectivity index (χ4v) is 6.78. The molecule has 1 N–H and O–H groups in total. The summed E-state index contributed by atoms with van der Waals surface area (Å²) in [6.07, 6.45) is 0. The van der Waals surface area contributed by atoms with Crippen molar-refractivity contribution in [3.63, 3.8) is 0 Å². The van der Waals surface area contributed by atoms with E-state index in [1.165, 1.54) is 4.90 Å². The summed E-state index contributed by atoms with van der Waals surface area (Å²) in [7, 11) is -1.70. The highest BCUT2D eigenvalue weighted by Gasteiger charge is 2.66. The first-order valence-corrected chi connectivity index (χ1v) is 15.2. The highest BCUT2D eigenvalue weighted by molar-refractivity contribution is 6.62. The minimum Gasteiger partial charge on any atom is -0.390 e. The molecule has 5 aromatic carbocycles. The molecule has 0 spiro atoms. The van der Waals surface area contributed by atoms with Gasteiger partial charge in [-0.1, -0.05) is 121 Å². The summed E-state index contributed by atoms with van der Waals surface area (Å²) in [6, 6.07) is 38.0. The molecule has 9 heteroatoms. The largest absolute Gasteiger partial charge is 0.501 e. The number of hydrogen-bond donors (Lipinski definition) is 1. The zero-order chi connectivity index (χ0) is 31.7. The molecule has 0 radical (unpaired) electrons. The molecule has 0 aromatic heterocycles. The summed E-state index contributed by atoms with van der Waals surface area (Å²) in [4.78, 5) is 14.8.